The summed E-state index contributed by atoms with van der Waals surface area (Å²) in [6.45, 7) is 6.92. The van der Waals surface area contributed by atoms with E-state index in [0.29, 0.717) is 18.1 Å². The first-order chi connectivity index (χ1) is 12.0. The number of sulfonamides is 1. The predicted octanol–water partition coefficient (Wildman–Crippen LogP) is 0.740. The number of carbonyl (C=O) groups excluding carboxylic acids is 1. The Hall–Kier alpha value is -1.71. The SMILES string of the molecule is C[C@H]1CC(C)(C)NC(=S)N1CC(=O)NCCc1ccc(S(N)(=O)=O)cc1. The maximum Gasteiger partial charge on any atom is 0.239 e. The number of nitrogens with one attached hydrogen (secondary N) is 2. The summed E-state index contributed by atoms with van der Waals surface area (Å²) in [4.78, 5) is 14.2. The van der Waals surface area contributed by atoms with Crippen LogP contribution in [0.4, 0.5) is 0 Å². The molecule has 1 saturated heterocycles. The Morgan fingerprint density at radius 3 is 2.54 bits per heavy atom. The fourth-order valence-electron chi connectivity index (χ4n) is 3.09. The van der Waals surface area contributed by atoms with Crippen LogP contribution in [0.25, 0.3) is 0 Å². The van der Waals surface area contributed by atoms with Gasteiger partial charge >= 0.3 is 0 Å². The normalized spacial score (nSPS) is 19.8. The highest BCUT2D eigenvalue weighted by Gasteiger charge is 2.33. The van der Waals surface area contributed by atoms with Crippen LogP contribution in [-0.4, -0.2) is 49.0 Å². The number of hydrogen-bond acceptors (Lipinski definition) is 4. The molecule has 9 heteroatoms. The third-order valence-corrected chi connectivity index (χ3v) is 5.61. The molecule has 0 aromatic heterocycles. The Balaban J connectivity index is 1.81. The molecular formula is C17H26N4O3S2. The van der Waals surface area contributed by atoms with E-state index in [2.05, 4.69) is 31.4 Å². The molecule has 7 nitrogen and oxygen atoms in total. The molecule has 0 spiro atoms. The van der Waals surface area contributed by atoms with Crippen LogP contribution in [-0.2, 0) is 21.2 Å². The molecule has 144 valence electrons. The summed E-state index contributed by atoms with van der Waals surface area (Å²) in [7, 11) is -3.68. The number of benzene rings is 1. The van der Waals surface area contributed by atoms with Crippen molar-refractivity contribution in [3.63, 3.8) is 0 Å². The summed E-state index contributed by atoms with van der Waals surface area (Å²) in [5.41, 5.74) is 0.857. The van der Waals surface area contributed by atoms with Crippen molar-refractivity contribution in [1.29, 1.82) is 0 Å². The molecule has 0 radical (unpaired) electrons. The van der Waals surface area contributed by atoms with Gasteiger partial charge < -0.3 is 15.5 Å². The van der Waals surface area contributed by atoms with Gasteiger partial charge in [-0.1, -0.05) is 12.1 Å². The van der Waals surface area contributed by atoms with E-state index in [9.17, 15) is 13.2 Å². The highest BCUT2D eigenvalue weighted by molar-refractivity contribution is 7.89. The lowest BCUT2D eigenvalue weighted by Gasteiger charge is -2.44. The molecule has 2 rings (SSSR count). The summed E-state index contributed by atoms with van der Waals surface area (Å²) in [6.07, 6.45) is 1.50. The third-order valence-electron chi connectivity index (χ3n) is 4.35. The molecule has 1 aliphatic rings. The van der Waals surface area contributed by atoms with Crippen LogP contribution in [0, 0.1) is 0 Å². The minimum absolute atomic E-state index is 0.0628. The summed E-state index contributed by atoms with van der Waals surface area (Å²) in [5.74, 6) is -0.0955. The highest BCUT2D eigenvalue weighted by Crippen LogP contribution is 2.21. The number of amides is 1. The van der Waals surface area contributed by atoms with Crippen LogP contribution in [0.2, 0.25) is 0 Å². The van der Waals surface area contributed by atoms with Crippen molar-refractivity contribution in [2.45, 2.75) is 50.1 Å². The van der Waals surface area contributed by atoms with Crippen molar-refractivity contribution in [3.05, 3.63) is 29.8 Å². The summed E-state index contributed by atoms with van der Waals surface area (Å²) in [6, 6.07) is 6.51. The number of nitrogens with two attached hydrogens (primary N) is 1. The fourth-order valence-corrected chi connectivity index (χ4v) is 4.13. The lowest BCUT2D eigenvalue weighted by molar-refractivity contribution is -0.121. The molecule has 1 heterocycles. The molecule has 0 aliphatic carbocycles. The standard InChI is InChI=1S/C17H26N4O3S2/c1-12-10-17(2,3)20-16(25)21(12)11-15(22)19-9-8-13-4-6-14(7-5-13)26(18,23)24/h4-7,12H,8-11H2,1-3H3,(H,19,22)(H,20,25)(H2,18,23,24)/t12-/m0/s1. The number of nitrogens with zero attached hydrogens (tertiary/aromatic N) is 1. The fraction of sp³-hybridized carbons (Fsp3) is 0.529. The first kappa shape index (κ1) is 20.6. The molecule has 0 saturated carbocycles. The van der Waals surface area contributed by atoms with Gasteiger partial charge in [0.1, 0.15) is 0 Å². The predicted molar refractivity (Wildman–Crippen MR) is 105 cm³/mol. The van der Waals surface area contributed by atoms with Gasteiger partial charge in [-0.05, 0) is 63.5 Å². The Kier molecular flexibility index (Phi) is 6.25. The Morgan fingerprint density at radius 2 is 2.00 bits per heavy atom. The number of rotatable bonds is 6. The average Bonchev–Trinajstić information content (AvgIpc) is 2.50. The summed E-state index contributed by atoms with van der Waals surface area (Å²) in [5, 5.41) is 11.8. The maximum atomic E-state index is 12.2. The molecule has 0 unspecified atom stereocenters. The van der Waals surface area contributed by atoms with Gasteiger partial charge in [-0.2, -0.15) is 0 Å². The number of thiocarbonyl (C=S) groups is 1. The van der Waals surface area contributed by atoms with E-state index >= 15 is 0 Å². The zero-order valence-corrected chi connectivity index (χ0v) is 16.9. The molecule has 4 N–H and O–H groups in total. The number of primary sulfonamides is 1. The van der Waals surface area contributed by atoms with Gasteiger partial charge in [0.2, 0.25) is 15.9 Å². The Labute approximate surface area is 160 Å². The van der Waals surface area contributed by atoms with Crippen molar-refractivity contribution >= 4 is 33.3 Å². The molecule has 1 aromatic carbocycles. The molecule has 0 bridgehead atoms. The van der Waals surface area contributed by atoms with Gasteiger partial charge in [0.15, 0.2) is 5.11 Å². The zero-order chi connectivity index (χ0) is 19.5. The smallest absolute Gasteiger partial charge is 0.239 e. The van der Waals surface area contributed by atoms with Gasteiger partial charge in [0.25, 0.3) is 0 Å². The zero-order valence-electron chi connectivity index (χ0n) is 15.3. The molecule has 1 aromatic rings. The van der Waals surface area contributed by atoms with E-state index in [4.69, 9.17) is 17.4 Å². The van der Waals surface area contributed by atoms with Gasteiger partial charge in [-0.25, -0.2) is 13.6 Å². The van der Waals surface area contributed by atoms with Crippen molar-refractivity contribution in [2.75, 3.05) is 13.1 Å². The Morgan fingerprint density at radius 1 is 1.38 bits per heavy atom. The van der Waals surface area contributed by atoms with Crippen LogP contribution in [0.15, 0.2) is 29.2 Å². The van der Waals surface area contributed by atoms with Crippen molar-refractivity contribution in [3.8, 4) is 0 Å². The second-order valence-corrected chi connectivity index (χ2v) is 9.23. The lowest BCUT2D eigenvalue weighted by atomic mass is 9.93. The van der Waals surface area contributed by atoms with Crippen LogP contribution in [0.3, 0.4) is 0 Å². The van der Waals surface area contributed by atoms with E-state index in [1.54, 1.807) is 12.1 Å². The van der Waals surface area contributed by atoms with Crippen LogP contribution < -0.4 is 15.8 Å². The average molecular weight is 399 g/mol. The first-order valence-electron chi connectivity index (χ1n) is 8.45. The number of hydrogen-bond donors (Lipinski definition) is 3. The van der Waals surface area contributed by atoms with E-state index < -0.39 is 10.0 Å². The lowest BCUT2D eigenvalue weighted by Crippen LogP contribution is -2.61. The molecule has 1 aliphatic heterocycles. The monoisotopic (exact) mass is 398 g/mol. The summed E-state index contributed by atoms with van der Waals surface area (Å²) < 4.78 is 22.5. The minimum Gasteiger partial charge on any atom is -0.358 e. The van der Waals surface area contributed by atoms with Gasteiger partial charge in [0.05, 0.1) is 11.4 Å². The van der Waals surface area contributed by atoms with Gasteiger partial charge in [0, 0.05) is 18.1 Å². The largest absolute Gasteiger partial charge is 0.358 e. The minimum atomic E-state index is -3.68. The Bertz CT molecular complexity index is 776. The second-order valence-electron chi connectivity index (χ2n) is 7.28. The van der Waals surface area contributed by atoms with E-state index in [1.165, 1.54) is 12.1 Å². The van der Waals surface area contributed by atoms with Crippen molar-refractivity contribution < 1.29 is 13.2 Å². The molecule has 26 heavy (non-hydrogen) atoms. The van der Waals surface area contributed by atoms with Crippen molar-refractivity contribution in [2.24, 2.45) is 5.14 Å². The maximum absolute atomic E-state index is 12.2. The first-order valence-corrected chi connectivity index (χ1v) is 10.4. The molecular weight excluding hydrogens is 372 g/mol. The van der Waals surface area contributed by atoms with Crippen LogP contribution >= 0.6 is 12.2 Å². The van der Waals surface area contributed by atoms with Crippen molar-refractivity contribution in [1.82, 2.24) is 15.5 Å². The quantitative estimate of drug-likeness (QED) is 0.611. The molecule has 1 fully saturated rings. The van der Waals surface area contributed by atoms with Gasteiger partial charge in [-0.3, -0.25) is 4.79 Å². The third kappa shape index (κ3) is 5.65. The highest BCUT2D eigenvalue weighted by atomic mass is 32.2. The van der Waals surface area contributed by atoms with Gasteiger partial charge in [-0.15, -0.1) is 0 Å². The van der Waals surface area contributed by atoms with E-state index in [0.717, 1.165) is 12.0 Å². The topological polar surface area (TPSA) is 105 Å². The molecule has 1 amide bonds. The van der Waals surface area contributed by atoms with E-state index in [-0.39, 0.29) is 28.9 Å². The van der Waals surface area contributed by atoms with Crippen LogP contribution in [0.5, 0.6) is 0 Å². The number of carbonyl (C=O) groups is 1. The second kappa shape index (κ2) is 7.89. The molecule has 1 atom stereocenters. The summed E-state index contributed by atoms with van der Waals surface area (Å²) >= 11 is 5.38. The van der Waals surface area contributed by atoms with E-state index in [1.807, 2.05) is 4.90 Å². The van der Waals surface area contributed by atoms with Crippen LogP contribution in [0.1, 0.15) is 32.8 Å².